The summed E-state index contributed by atoms with van der Waals surface area (Å²) in [5.74, 6) is 1.11. The Morgan fingerprint density at radius 1 is 0.925 bits per heavy atom. The Morgan fingerprint density at radius 2 is 1.65 bits per heavy atom. The summed E-state index contributed by atoms with van der Waals surface area (Å²) in [7, 11) is 0. The van der Waals surface area contributed by atoms with Gasteiger partial charge in [-0.3, -0.25) is 0 Å². The molecule has 0 aromatic heterocycles. The summed E-state index contributed by atoms with van der Waals surface area (Å²) in [6, 6.07) is 0. The van der Waals surface area contributed by atoms with Crippen LogP contribution in [0.2, 0.25) is 0 Å². The van der Waals surface area contributed by atoms with Gasteiger partial charge >= 0.3 is 6.11 Å². The Morgan fingerprint density at radius 3 is 2.30 bits per heavy atom. The monoisotopic (exact) mass is 694 g/mol. The predicted molar refractivity (Wildman–Crippen MR) is 180 cm³/mol. The number of alkyl halides is 3. The van der Waals surface area contributed by atoms with E-state index in [4.69, 9.17) is 4.74 Å². The standard InChI is InChI=1S/C34H41F2IOS2/c1-23-8-11-27(21-31(3,18-23)12-6-14-37)38-34(35,36)26-10-9-25-16-24(2)19-33(5,28-17-30(28)40)22-29(25)32(4,20-26)13-7-15-39/h8-11,16-22,28,39-40H,6-7,12-15H2,1-5H3. The number of hydrogen-bond acceptors (Lipinski definition) is 3. The molecule has 1 nitrogen and oxygen atoms in total. The Kier molecular flexibility index (Phi) is 9.63. The summed E-state index contributed by atoms with van der Waals surface area (Å²) in [6.07, 6.45) is 21.3. The zero-order chi connectivity index (χ0) is 29.3. The van der Waals surface area contributed by atoms with E-state index in [1.807, 2.05) is 25.2 Å². The number of hydrogen-bond donors (Lipinski definition) is 2. The second-order valence-corrected chi connectivity index (χ2v) is 14.4. The number of thiol groups is 2. The summed E-state index contributed by atoms with van der Waals surface area (Å²) >= 11 is 11.4. The van der Waals surface area contributed by atoms with Crippen LogP contribution in [0, 0.1) is 22.2 Å². The molecule has 6 heteroatoms. The van der Waals surface area contributed by atoms with Gasteiger partial charge in [-0.2, -0.15) is 21.4 Å². The topological polar surface area (TPSA) is 9.23 Å². The third kappa shape index (κ3) is 7.20. The maximum atomic E-state index is 16.1. The first-order valence-corrected chi connectivity index (χ1v) is 16.6. The van der Waals surface area contributed by atoms with Crippen molar-refractivity contribution in [1.82, 2.24) is 0 Å². The van der Waals surface area contributed by atoms with Crippen molar-refractivity contribution in [2.45, 2.75) is 66.4 Å². The number of fused-ring (bicyclic) bond motifs is 1. The van der Waals surface area contributed by atoms with E-state index in [0.717, 1.165) is 50.9 Å². The first-order valence-electron chi connectivity index (χ1n) is 14.0. The molecule has 0 aliphatic heterocycles. The predicted octanol–water partition coefficient (Wildman–Crippen LogP) is 10.7. The Hall–Kier alpha value is -1.25. The molecule has 4 rings (SSSR count). The van der Waals surface area contributed by atoms with E-state index in [-0.39, 0.29) is 28.1 Å². The van der Waals surface area contributed by atoms with Crippen molar-refractivity contribution >= 4 is 47.8 Å². The average molecular weight is 695 g/mol. The van der Waals surface area contributed by atoms with Crippen molar-refractivity contribution in [2.75, 3.05) is 10.2 Å². The third-order valence-electron chi connectivity index (χ3n) is 8.26. The highest BCUT2D eigenvalue weighted by Gasteiger charge is 2.44. The van der Waals surface area contributed by atoms with E-state index in [1.54, 1.807) is 18.2 Å². The lowest BCUT2D eigenvalue weighted by molar-refractivity contribution is -0.177. The first kappa shape index (κ1) is 31.7. The zero-order valence-electron chi connectivity index (χ0n) is 24.1. The van der Waals surface area contributed by atoms with Gasteiger partial charge < -0.3 is 4.74 Å². The molecule has 0 spiro atoms. The lowest BCUT2D eigenvalue weighted by atomic mass is 9.71. The molecule has 0 heterocycles. The SMILES string of the molecule is CC1=CC(C)(CCCI)C=C(OC(F)(F)C2=CC(C)(CCCS)C3=CC(C)(C4C=C4S)C=C(C)C=C3C=C2)C=C1. The number of ether oxygens (including phenoxy) is 1. The molecule has 0 radical (unpaired) electrons. The van der Waals surface area contributed by atoms with E-state index in [9.17, 15) is 0 Å². The van der Waals surface area contributed by atoms with E-state index in [0.29, 0.717) is 12.2 Å². The maximum absolute atomic E-state index is 16.1. The molecule has 0 aromatic rings. The summed E-state index contributed by atoms with van der Waals surface area (Å²) in [6.45, 7) is 10.4. The summed E-state index contributed by atoms with van der Waals surface area (Å²) < 4.78 is 38.9. The van der Waals surface area contributed by atoms with Gasteiger partial charge in [0.2, 0.25) is 0 Å². The Balaban J connectivity index is 1.75. The molecule has 0 amide bonds. The quantitative estimate of drug-likeness (QED) is 0.132. The first-order chi connectivity index (χ1) is 18.7. The molecule has 0 aromatic carbocycles. The highest BCUT2D eigenvalue weighted by atomic mass is 127. The van der Waals surface area contributed by atoms with E-state index in [2.05, 4.69) is 106 Å². The highest BCUT2D eigenvalue weighted by Crippen LogP contribution is 2.54. The lowest BCUT2D eigenvalue weighted by Gasteiger charge is -2.34. The highest BCUT2D eigenvalue weighted by molar-refractivity contribution is 14.1. The fourth-order valence-corrected chi connectivity index (χ4v) is 7.23. The van der Waals surface area contributed by atoms with Gasteiger partial charge in [-0.05, 0) is 84.0 Å². The van der Waals surface area contributed by atoms with Crippen LogP contribution < -0.4 is 0 Å². The molecule has 40 heavy (non-hydrogen) atoms. The van der Waals surface area contributed by atoms with Crippen LogP contribution in [-0.4, -0.2) is 16.3 Å². The minimum Gasteiger partial charge on any atom is -0.429 e. The van der Waals surface area contributed by atoms with Gasteiger partial charge in [0, 0.05) is 22.2 Å². The van der Waals surface area contributed by atoms with Crippen molar-refractivity contribution in [3.63, 3.8) is 0 Å². The van der Waals surface area contributed by atoms with E-state index < -0.39 is 11.5 Å². The fourth-order valence-electron chi connectivity index (χ4n) is 6.27. The van der Waals surface area contributed by atoms with Crippen molar-refractivity contribution in [3.8, 4) is 0 Å². The van der Waals surface area contributed by atoms with Gasteiger partial charge in [-0.25, -0.2) is 0 Å². The number of allylic oxidation sites excluding steroid dienone is 15. The molecule has 0 bridgehead atoms. The minimum atomic E-state index is -3.51. The second-order valence-electron chi connectivity index (χ2n) is 12.3. The van der Waals surface area contributed by atoms with Crippen LogP contribution in [0.3, 0.4) is 0 Å². The summed E-state index contributed by atoms with van der Waals surface area (Å²) in [5.41, 5.74) is 2.80. The van der Waals surface area contributed by atoms with E-state index >= 15 is 8.78 Å². The van der Waals surface area contributed by atoms with Crippen LogP contribution in [0.5, 0.6) is 0 Å². The third-order valence-corrected chi connectivity index (χ3v) is 9.77. The molecule has 0 N–H and O–H groups in total. The van der Waals surface area contributed by atoms with Crippen molar-refractivity contribution in [2.24, 2.45) is 22.2 Å². The zero-order valence-corrected chi connectivity index (χ0v) is 28.1. The fraction of sp³-hybridized carbons (Fsp3) is 0.471. The minimum absolute atomic E-state index is 0.121. The van der Waals surface area contributed by atoms with Gasteiger partial charge in [0.05, 0.1) is 5.57 Å². The normalized spacial score (nSPS) is 31.8. The Labute approximate surface area is 264 Å². The number of rotatable bonds is 10. The average Bonchev–Trinajstić information content (AvgIpc) is 3.66. The molecular weight excluding hydrogens is 653 g/mol. The maximum Gasteiger partial charge on any atom is 0.426 e. The van der Waals surface area contributed by atoms with Crippen molar-refractivity contribution < 1.29 is 13.5 Å². The number of halogens is 3. The van der Waals surface area contributed by atoms with Crippen LogP contribution in [0.1, 0.15) is 60.3 Å². The van der Waals surface area contributed by atoms with Crippen molar-refractivity contribution in [1.29, 1.82) is 0 Å². The summed E-state index contributed by atoms with van der Waals surface area (Å²) in [4.78, 5) is 1.07. The largest absolute Gasteiger partial charge is 0.429 e. The smallest absolute Gasteiger partial charge is 0.426 e. The van der Waals surface area contributed by atoms with E-state index in [1.165, 1.54) is 0 Å². The molecule has 4 aliphatic carbocycles. The second kappa shape index (κ2) is 12.2. The van der Waals surface area contributed by atoms with Crippen molar-refractivity contribution in [3.05, 3.63) is 105 Å². The molecule has 0 fully saturated rings. The van der Waals surface area contributed by atoms with Gasteiger partial charge in [-0.1, -0.05) is 103 Å². The van der Waals surface area contributed by atoms with Gasteiger partial charge in [0.1, 0.15) is 5.76 Å². The Bertz CT molecular complexity index is 1310. The summed E-state index contributed by atoms with van der Waals surface area (Å²) in [5, 5.41) is 0. The van der Waals surface area contributed by atoms with Crippen LogP contribution in [0.15, 0.2) is 105 Å². The van der Waals surface area contributed by atoms with Gasteiger partial charge in [0.25, 0.3) is 0 Å². The molecule has 4 atom stereocenters. The van der Waals surface area contributed by atoms with Crippen LogP contribution in [0.4, 0.5) is 8.78 Å². The molecular formula is C34H41F2IOS2. The van der Waals surface area contributed by atoms with Crippen LogP contribution in [-0.2, 0) is 4.74 Å². The molecule has 0 saturated heterocycles. The lowest BCUT2D eigenvalue weighted by Crippen LogP contribution is -2.27. The molecule has 4 unspecified atom stereocenters. The van der Waals surface area contributed by atoms with Gasteiger partial charge in [-0.15, -0.1) is 12.6 Å². The molecule has 4 aliphatic rings. The molecule has 216 valence electrons. The van der Waals surface area contributed by atoms with Gasteiger partial charge in [0.15, 0.2) is 0 Å². The van der Waals surface area contributed by atoms with Crippen LogP contribution in [0.25, 0.3) is 0 Å². The van der Waals surface area contributed by atoms with Crippen LogP contribution >= 0.6 is 47.8 Å². The molecule has 0 saturated carbocycles.